The molecule has 170 valence electrons. The van der Waals surface area contributed by atoms with Gasteiger partial charge in [-0.3, -0.25) is 9.36 Å². The van der Waals surface area contributed by atoms with Crippen molar-refractivity contribution < 1.29 is 9.47 Å². The summed E-state index contributed by atoms with van der Waals surface area (Å²) < 4.78 is 13.1. The fourth-order valence-electron chi connectivity index (χ4n) is 4.00. The summed E-state index contributed by atoms with van der Waals surface area (Å²) in [7, 11) is 1.64. The van der Waals surface area contributed by atoms with Crippen molar-refractivity contribution in [2.24, 2.45) is 0 Å². The van der Waals surface area contributed by atoms with Crippen LogP contribution in [0.4, 0.5) is 0 Å². The Labute approximate surface area is 194 Å². The SMILES string of the molecule is CCc1ccccc1OCCCCCn1c(-c2ccc(OC)cc2)nc2ccccc2c1=O. The van der Waals surface area contributed by atoms with Gasteiger partial charge in [0.2, 0.25) is 0 Å². The minimum absolute atomic E-state index is 0.000425. The molecule has 0 spiro atoms. The first-order chi connectivity index (χ1) is 16.2. The molecule has 3 aromatic carbocycles. The van der Waals surface area contributed by atoms with Crippen LogP contribution in [-0.4, -0.2) is 23.3 Å². The second-order valence-corrected chi connectivity index (χ2v) is 8.01. The number of nitrogens with zero attached hydrogens (tertiary/aromatic N) is 2. The van der Waals surface area contributed by atoms with Crippen LogP contribution in [0.15, 0.2) is 77.6 Å². The highest BCUT2D eigenvalue weighted by atomic mass is 16.5. The van der Waals surface area contributed by atoms with Crippen molar-refractivity contribution in [3.8, 4) is 22.9 Å². The van der Waals surface area contributed by atoms with E-state index < -0.39 is 0 Å². The van der Waals surface area contributed by atoms with Crippen molar-refractivity contribution >= 4 is 10.9 Å². The molecule has 0 bridgehead atoms. The number of hydrogen-bond acceptors (Lipinski definition) is 4. The number of aryl methyl sites for hydroxylation is 1. The van der Waals surface area contributed by atoms with Gasteiger partial charge < -0.3 is 9.47 Å². The maximum Gasteiger partial charge on any atom is 0.261 e. The quantitative estimate of drug-likeness (QED) is 0.288. The first-order valence-corrected chi connectivity index (χ1v) is 11.6. The Kier molecular flexibility index (Phi) is 7.40. The molecule has 0 N–H and O–H groups in total. The van der Waals surface area contributed by atoms with Crippen molar-refractivity contribution in [3.05, 3.63) is 88.7 Å². The number of rotatable bonds is 10. The Bertz CT molecular complexity index is 1260. The Morgan fingerprint density at radius 1 is 0.879 bits per heavy atom. The molecule has 1 aromatic heterocycles. The van der Waals surface area contributed by atoms with E-state index in [1.807, 2.05) is 66.7 Å². The van der Waals surface area contributed by atoms with E-state index in [0.717, 1.165) is 42.7 Å². The summed E-state index contributed by atoms with van der Waals surface area (Å²) in [6.45, 7) is 3.43. The Morgan fingerprint density at radius 2 is 1.64 bits per heavy atom. The zero-order chi connectivity index (χ0) is 23.0. The molecular weight excluding hydrogens is 412 g/mol. The van der Waals surface area contributed by atoms with Crippen LogP contribution < -0.4 is 15.0 Å². The lowest BCUT2D eigenvalue weighted by molar-refractivity contribution is 0.301. The number of benzene rings is 3. The number of ether oxygens (including phenoxy) is 2. The molecule has 5 heteroatoms. The van der Waals surface area contributed by atoms with Crippen molar-refractivity contribution in [1.29, 1.82) is 0 Å². The summed E-state index contributed by atoms with van der Waals surface area (Å²) in [6.07, 6.45) is 3.74. The van der Waals surface area contributed by atoms with Gasteiger partial charge in [0, 0.05) is 12.1 Å². The maximum absolute atomic E-state index is 13.3. The summed E-state index contributed by atoms with van der Waals surface area (Å²) in [5.41, 5.74) is 2.85. The van der Waals surface area contributed by atoms with Crippen molar-refractivity contribution in [2.45, 2.75) is 39.2 Å². The number of hydrogen-bond donors (Lipinski definition) is 0. The van der Waals surface area contributed by atoms with Crippen LogP contribution in [0.1, 0.15) is 31.7 Å². The molecule has 0 aliphatic heterocycles. The molecule has 0 radical (unpaired) electrons. The molecule has 0 atom stereocenters. The van der Waals surface area contributed by atoms with Gasteiger partial charge in [0.1, 0.15) is 17.3 Å². The van der Waals surface area contributed by atoms with Crippen LogP contribution in [0.3, 0.4) is 0 Å². The van der Waals surface area contributed by atoms with E-state index in [1.54, 1.807) is 11.7 Å². The molecule has 0 saturated heterocycles. The van der Waals surface area contributed by atoms with Gasteiger partial charge in [-0.05, 0) is 73.7 Å². The van der Waals surface area contributed by atoms with E-state index in [0.29, 0.717) is 29.9 Å². The van der Waals surface area contributed by atoms with Gasteiger partial charge >= 0.3 is 0 Å². The Hall–Kier alpha value is -3.60. The molecule has 0 aliphatic carbocycles. The molecule has 0 aliphatic rings. The van der Waals surface area contributed by atoms with E-state index in [9.17, 15) is 4.79 Å². The third-order valence-electron chi connectivity index (χ3n) is 5.85. The highest BCUT2D eigenvalue weighted by Crippen LogP contribution is 2.23. The summed E-state index contributed by atoms with van der Waals surface area (Å²) >= 11 is 0. The van der Waals surface area contributed by atoms with Gasteiger partial charge in [-0.2, -0.15) is 0 Å². The second-order valence-electron chi connectivity index (χ2n) is 8.01. The van der Waals surface area contributed by atoms with Gasteiger partial charge in [0.05, 0.1) is 24.6 Å². The van der Waals surface area contributed by atoms with Gasteiger partial charge in [-0.25, -0.2) is 4.98 Å². The van der Waals surface area contributed by atoms with E-state index in [2.05, 4.69) is 13.0 Å². The molecule has 4 aromatic rings. The van der Waals surface area contributed by atoms with Gasteiger partial charge in [0.25, 0.3) is 5.56 Å². The van der Waals surface area contributed by atoms with E-state index in [1.165, 1.54) is 5.56 Å². The lowest BCUT2D eigenvalue weighted by Gasteiger charge is -2.14. The molecule has 5 nitrogen and oxygen atoms in total. The summed E-state index contributed by atoms with van der Waals surface area (Å²) in [6, 6.07) is 23.4. The number of methoxy groups -OCH3 is 1. The topological polar surface area (TPSA) is 53.4 Å². The molecule has 1 heterocycles. The molecule has 33 heavy (non-hydrogen) atoms. The first-order valence-electron chi connectivity index (χ1n) is 11.6. The van der Waals surface area contributed by atoms with E-state index in [-0.39, 0.29) is 5.56 Å². The molecule has 0 amide bonds. The lowest BCUT2D eigenvalue weighted by atomic mass is 10.1. The molecule has 4 rings (SSSR count). The standard InChI is InChI=1S/C28H30N2O3/c1-3-21-11-5-8-14-26(21)33-20-10-4-9-19-30-27(22-15-17-23(32-2)18-16-22)29-25-13-7-6-12-24(25)28(30)31/h5-8,11-18H,3-4,9-10,19-20H2,1-2H3. The Balaban J connectivity index is 1.47. The average molecular weight is 443 g/mol. The zero-order valence-corrected chi connectivity index (χ0v) is 19.3. The maximum atomic E-state index is 13.3. The summed E-state index contributed by atoms with van der Waals surface area (Å²) in [4.78, 5) is 18.1. The van der Waals surface area contributed by atoms with Crippen LogP contribution in [0.2, 0.25) is 0 Å². The summed E-state index contributed by atoms with van der Waals surface area (Å²) in [5.74, 6) is 2.43. The molecular formula is C28H30N2O3. The number of fused-ring (bicyclic) bond motifs is 1. The van der Waals surface area contributed by atoms with Crippen LogP contribution in [-0.2, 0) is 13.0 Å². The molecule has 0 fully saturated rings. The minimum Gasteiger partial charge on any atom is -0.497 e. The monoisotopic (exact) mass is 442 g/mol. The van der Waals surface area contributed by atoms with Gasteiger partial charge in [-0.15, -0.1) is 0 Å². The predicted octanol–water partition coefficient (Wildman–Crippen LogP) is 5.88. The smallest absolute Gasteiger partial charge is 0.261 e. The first kappa shape index (κ1) is 22.6. The fourth-order valence-corrected chi connectivity index (χ4v) is 4.00. The van der Waals surface area contributed by atoms with Crippen LogP contribution in [0.25, 0.3) is 22.3 Å². The number of aromatic nitrogens is 2. The third-order valence-corrected chi connectivity index (χ3v) is 5.85. The zero-order valence-electron chi connectivity index (χ0n) is 19.3. The predicted molar refractivity (Wildman–Crippen MR) is 133 cm³/mol. The number of para-hydroxylation sites is 2. The molecule has 0 unspecified atom stereocenters. The van der Waals surface area contributed by atoms with E-state index >= 15 is 0 Å². The average Bonchev–Trinajstić information content (AvgIpc) is 2.87. The highest BCUT2D eigenvalue weighted by molar-refractivity contribution is 5.79. The third kappa shape index (κ3) is 5.25. The minimum atomic E-state index is -0.000425. The van der Waals surface area contributed by atoms with Crippen LogP contribution >= 0.6 is 0 Å². The van der Waals surface area contributed by atoms with Crippen molar-refractivity contribution in [1.82, 2.24) is 9.55 Å². The largest absolute Gasteiger partial charge is 0.497 e. The van der Waals surface area contributed by atoms with Crippen LogP contribution in [0.5, 0.6) is 11.5 Å². The van der Waals surface area contributed by atoms with Gasteiger partial charge in [0.15, 0.2) is 0 Å². The highest BCUT2D eigenvalue weighted by Gasteiger charge is 2.13. The summed E-state index contributed by atoms with van der Waals surface area (Å²) in [5, 5.41) is 0.647. The van der Waals surface area contributed by atoms with Crippen LogP contribution in [0, 0.1) is 0 Å². The van der Waals surface area contributed by atoms with E-state index in [4.69, 9.17) is 14.5 Å². The lowest BCUT2D eigenvalue weighted by Crippen LogP contribution is -2.23. The normalized spacial score (nSPS) is 11.0. The molecule has 0 saturated carbocycles. The van der Waals surface area contributed by atoms with Crippen molar-refractivity contribution in [2.75, 3.05) is 13.7 Å². The fraction of sp³-hybridized carbons (Fsp3) is 0.286. The van der Waals surface area contributed by atoms with Crippen molar-refractivity contribution in [3.63, 3.8) is 0 Å². The van der Waals surface area contributed by atoms with Gasteiger partial charge in [-0.1, -0.05) is 37.3 Å². The number of unbranched alkanes of at least 4 members (excludes halogenated alkanes) is 2. The second kappa shape index (κ2) is 10.8. The Morgan fingerprint density at radius 3 is 2.42 bits per heavy atom.